The molecule has 1 aliphatic carbocycles. The highest BCUT2D eigenvalue weighted by atomic mass is 79.9. The molecule has 11 N–H and O–H groups in total. The first-order valence-electron chi connectivity index (χ1n) is 11.5. The number of hydrogen-bond donors (Lipinski definition) is 8. The van der Waals surface area contributed by atoms with E-state index in [0.717, 1.165) is 14.6 Å². The average Bonchev–Trinajstić information content (AvgIpc) is 3.63. The fourth-order valence-corrected chi connectivity index (χ4v) is 5.95. The zero-order chi connectivity index (χ0) is 26.3. The van der Waals surface area contributed by atoms with Gasteiger partial charge in [0.1, 0.15) is 23.1 Å². The summed E-state index contributed by atoms with van der Waals surface area (Å²) >= 11 is 6.66. The first kappa shape index (κ1) is 25.1. The highest BCUT2D eigenvalue weighted by Gasteiger charge is 2.58. The summed E-state index contributed by atoms with van der Waals surface area (Å²) in [5.41, 5.74) is 13.3. The van der Waals surface area contributed by atoms with Crippen LogP contribution in [0.5, 0.6) is 0 Å². The predicted octanol–water partition coefficient (Wildman–Crippen LogP) is 0.211. The Kier molecular flexibility index (Phi) is 6.81. The molecule has 3 aromatic heterocycles. The fourth-order valence-electron chi connectivity index (χ4n) is 5.27. The molecule has 0 aromatic carbocycles. The molecule has 3 amide bonds. The Labute approximate surface area is 227 Å². The first-order chi connectivity index (χ1) is 17.7. The van der Waals surface area contributed by atoms with Crippen LogP contribution in [0.25, 0.3) is 0 Å². The van der Waals surface area contributed by atoms with Crippen LogP contribution in [0.3, 0.4) is 0 Å². The highest BCUT2D eigenvalue weighted by Crippen LogP contribution is 2.54. The maximum absolute atomic E-state index is 12.8. The molecule has 0 bridgehead atoms. The number of guanidine groups is 1. The van der Waals surface area contributed by atoms with E-state index in [9.17, 15) is 14.4 Å². The summed E-state index contributed by atoms with van der Waals surface area (Å²) < 4.78 is 1.51. The van der Waals surface area contributed by atoms with Gasteiger partial charge in [0.15, 0.2) is 5.96 Å². The van der Waals surface area contributed by atoms with Crippen LogP contribution in [-0.2, 0) is 4.79 Å². The minimum absolute atomic E-state index is 0.0550. The van der Waals surface area contributed by atoms with Crippen LogP contribution in [0.1, 0.15) is 32.6 Å². The number of carbonyl (C=O) groups excluding carboxylic acids is 3. The molecule has 5 rings (SSSR count). The number of carbonyl (C=O) groups is 3. The number of nitrogens with two attached hydrogens (primary N) is 2. The molecule has 0 saturated heterocycles. The van der Waals surface area contributed by atoms with Gasteiger partial charge >= 0.3 is 5.95 Å². The van der Waals surface area contributed by atoms with E-state index in [1.807, 2.05) is 0 Å². The predicted molar refractivity (Wildman–Crippen MR) is 140 cm³/mol. The molecule has 1 saturated carbocycles. The summed E-state index contributed by atoms with van der Waals surface area (Å²) in [6, 6.07) is 2.61. The van der Waals surface area contributed by atoms with Gasteiger partial charge in [0.2, 0.25) is 0 Å². The number of hydrogen-bond acceptors (Lipinski definition) is 6. The molecule has 5 atom stereocenters. The molecule has 37 heavy (non-hydrogen) atoms. The first-order valence-corrected chi connectivity index (χ1v) is 13.0. The second-order valence-corrected chi connectivity index (χ2v) is 10.9. The Morgan fingerprint density at radius 3 is 2.05 bits per heavy atom. The number of aromatic nitrogens is 4. The van der Waals surface area contributed by atoms with Gasteiger partial charge in [0.25, 0.3) is 17.7 Å². The van der Waals surface area contributed by atoms with Crippen molar-refractivity contribution in [3.63, 3.8) is 0 Å². The number of nitrogens with one attached hydrogen (secondary N) is 7. The number of halogens is 2. The van der Waals surface area contributed by atoms with Crippen LogP contribution in [0.15, 0.2) is 44.7 Å². The number of rotatable bonds is 8. The standard InChI is InChI=1S/C22H24Br2N10O3/c23-8-1-12(27-3-8)18(35)29-5-10-11(6-30-19(36)13-2-9(24)4-28-13)16(17-20(37)34-22(26)33-17)15(10)14-7-31-21(25)32-14/h1-4,7,10-11,15-17,27-28H,5-6H2,(H,29,35)(H,30,36)(H3,25,31,32)(H3,26,33,34,37)/p+1/t10-,11-,15-,16?,17+/m1/s1. The second-order valence-electron chi connectivity index (χ2n) is 9.05. The third kappa shape index (κ3) is 5.00. The van der Waals surface area contributed by atoms with Crippen molar-refractivity contribution in [1.82, 2.24) is 30.9 Å². The third-order valence-electron chi connectivity index (χ3n) is 6.89. The number of amides is 3. The van der Waals surface area contributed by atoms with Gasteiger partial charge in [0.05, 0.1) is 6.20 Å². The Bertz CT molecular complexity index is 1380. The molecule has 4 heterocycles. The van der Waals surface area contributed by atoms with Gasteiger partial charge in [-0.1, -0.05) is 0 Å². The average molecular weight is 637 g/mol. The number of aromatic amines is 4. The van der Waals surface area contributed by atoms with Crippen molar-refractivity contribution in [3.05, 3.63) is 56.8 Å². The van der Waals surface area contributed by atoms with Crippen molar-refractivity contribution < 1.29 is 19.4 Å². The Morgan fingerprint density at radius 1 is 1.00 bits per heavy atom. The largest absolute Gasteiger partial charge is 0.370 e. The van der Waals surface area contributed by atoms with Crippen molar-refractivity contribution in [3.8, 4) is 0 Å². The van der Waals surface area contributed by atoms with Gasteiger partial charge in [-0.15, -0.1) is 0 Å². The van der Waals surface area contributed by atoms with Gasteiger partial charge in [-0.25, -0.2) is 15.0 Å². The zero-order valence-corrected chi connectivity index (χ0v) is 22.4. The Morgan fingerprint density at radius 2 is 1.59 bits per heavy atom. The molecule has 2 aliphatic rings. The van der Waals surface area contributed by atoms with E-state index in [1.54, 1.807) is 30.7 Å². The summed E-state index contributed by atoms with van der Waals surface area (Å²) in [4.78, 5) is 54.5. The molecule has 15 heteroatoms. The van der Waals surface area contributed by atoms with Crippen LogP contribution in [0.4, 0.5) is 5.95 Å². The van der Waals surface area contributed by atoms with Gasteiger partial charge in [-0.05, 0) is 55.8 Å². The summed E-state index contributed by atoms with van der Waals surface area (Å²) in [6.45, 7) is 0.544. The summed E-state index contributed by atoms with van der Waals surface area (Å²) in [5.74, 6) is -1.36. The monoisotopic (exact) mass is 635 g/mol. The number of H-pyrrole nitrogens is 4. The van der Waals surface area contributed by atoms with Gasteiger partial charge < -0.3 is 26.3 Å². The quantitative estimate of drug-likeness (QED) is 0.174. The Hall–Kier alpha value is -3.59. The van der Waals surface area contributed by atoms with E-state index in [4.69, 9.17) is 11.5 Å². The molecule has 13 nitrogen and oxygen atoms in total. The van der Waals surface area contributed by atoms with E-state index in [0.29, 0.717) is 17.3 Å². The maximum atomic E-state index is 12.8. The number of aliphatic imine (C=N–C) groups is 1. The van der Waals surface area contributed by atoms with Crippen molar-refractivity contribution in [2.75, 3.05) is 18.8 Å². The fraction of sp³-hybridized carbons (Fsp3) is 0.318. The van der Waals surface area contributed by atoms with Gasteiger partial charge in [0, 0.05) is 46.3 Å². The summed E-state index contributed by atoms with van der Waals surface area (Å²) in [6.07, 6.45) is 5.09. The van der Waals surface area contributed by atoms with Crippen molar-refractivity contribution in [2.45, 2.75) is 12.0 Å². The van der Waals surface area contributed by atoms with Crippen LogP contribution in [0, 0.1) is 17.8 Å². The minimum atomic E-state index is -0.748. The number of imidazole rings is 1. The van der Waals surface area contributed by atoms with Crippen molar-refractivity contribution in [1.29, 1.82) is 0 Å². The highest BCUT2D eigenvalue weighted by molar-refractivity contribution is 9.10. The van der Waals surface area contributed by atoms with E-state index in [2.05, 4.69) is 72.7 Å². The molecule has 0 radical (unpaired) electrons. The van der Waals surface area contributed by atoms with E-state index < -0.39 is 6.04 Å². The van der Waals surface area contributed by atoms with E-state index >= 15 is 0 Å². The SMILES string of the molecule is NC1=N[C@@H](C2[C@@H](c3c[nH+]c(N)[nH]3)[C@H](CNC(=O)c3cc(Br)c[nH]3)[C@H]2CNC(=O)c2cc(Br)c[nH]2)C(=O)N1. The normalized spacial score (nSPS) is 24.8. The third-order valence-corrected chi connectivity index (χ3v) is 7.80. The summed E-state index contributed by atoms with van der Waals surface area (Å²) in [5, 5.41) is 8.49. The number of nitrogen functional groups attached to an aromatic ring is 1. The lowest BCUT2D eigenvalue weighted by Gasteiger charge is -2.52. The second kappa shape index (κ2) is 10.0. The minimum Gasteiger partial charge on any atom is -0.370 e. The zero-order valence-electron chi connectivity index (χ0n) is 19.3. The van der Waals surface area contributed by atoms with E-state index in [-0.39, 0.29) is 60.4 Å². The lowest BCUT2D eigenvalue weighted by Crippen LogP contribution is -2.59. The summed E-state index contributed by atoms with van der Waals surface area (Å²) in [7, 11) is 0. The molecule has 1 fully saturated rings. The Balaban J connectivity index is 1.41. The molecule has 1 unspecified atom stereocenters. The molecule has 1 aliphatic heterocycles. The van der Waals surface area contributed by atoms with Crippen molar-refractivity contribution >= 4 is 61.5 Å². The van der Waals surface area contributed by atoms with Gasteiger partial charge in [-0.2, -0.15) is 0 Å². The molecule has 194 valence electrons. The van der Waals surface area contributed by atoms with E-state index in [1.165, 1.54) is 0 Å². The lowest BCUT2D eigenvalue weighted by molar-refractivity contribution is -0.358. The van der Waals surface area contributed by atoms with Crippen molar-refractivity contribution in [2.24, 2.45) is 28.5 Å². The topological polar surface area (TPSA) is 213 Å². The van der Waals surface area contributed by atoms with Crippen LogP contribution in [0.2, 0.25) is 0 Å². The molecular weight excluding hydrogens is 612 g/mol. The number of nitrogens with zero attached hydrogens (tertiary/aromatic N) is 1. The molecule has 0 spiro atoms. The number of anilines is 1. The van der Waals surface area contributed by atoms with Crippen LogP contribution < -0.4 is 32.4 Å². The molecule has 3 aromatic rings. The van der Waals surface area contributed by atoms with Crippen LogP contribution in [-0.4, -0.2) is 57.8 Å². The van der Waals surface area contributed by atoms with Gasteiger partial charge in [-0.3, -0.25) is 25.4 Å². The molecular formula is C22H25Br2N10O3+. The smallest absolute Gasteiger partial charge is 0.350 e. The van der Waals surface area contributed by atoms with Crippen LogP contribution >= 0.6 is 31.9 Å². The lowest BCUT2D eigenvalue weighted by atomic mass is 9.53. The maximum Gasteiger partial charge on any atom is 0.350 e.